The Balaban J connectivity index is 2.54. The van der Waals surface area contributed by atoms with Crippen LogP contribution >= 0.6 is 0 Å². The lowest BCUT2D eigenvalue weighted by Gasteiger charge is -2.22. The molecular weight excluding hydrogens is 112 g/mol. The minimum Gasteiger partial charge on any atom is -0.389 e. The van der Waals surface area contributed by atoms with Crippen molar-refractivity contribution in [2.75, 3.05) is 0 Å². The standard InChI is InChI=1S/C8H14O/c1-6-3-4-8(9)7(2)5-6/h3-4,6-9H,5H2,1-2H3. The van der Waals surface area contributed by atoms with Crippen LogP contribution in [-0.4, -0.2) is 11.2 Å². The first kappa shape index (κ1) is 6.81. The van der Waals surface area contributed by atoms with Crippen LogP contribution in [0.2, 0.25) is 0 Å². The van der Waals surface area contributed by atoms with Crippen LogP contribution in [0.1, 0.15) is 20.3 Å². The molecule has 0 radical (unpaired) electrons. The second-order valence-corrected chi connectivity index (χ2v) is 3.07. The summed E-state index contributed by atoms with van der Waals surface area (Å²) in [7, 11) is 0. The number of allylic oxidation sites excluding steroid dienone is 1. The third-order valence-electron chi connectivity index (χ3n) is 1.96. The summed E-state index contributed by atoms with van der Waals surface area (Å²) in [5.41, 5.74) is 0. The van der Waals surface area contributed by atoms with Crippen molar-refractivity contribution in [2.24, 2.45) is 11.8 Å². The molecule has 9 heavy (non-hydrogen) atoms. The van der Waals surface area contributed by atoms with E-state index in [2.05, 4.69) is 19.9 Å². The smallest absolute Gasteiger partial charge is 0.0746 e. The average molecular weight is 126 g/mol. The molecule has 52 valence electrons. The minimum atomic E-state index is -0.193. The van der Waals surface area contributed by atoms with Crippen LogP contribution in [0.15, 0.2) is 12.2 Å². The molecular formula is C8H14O. The van der Waals surface area contributed by atoms with Gasteiger partial charge in [0.05, 0.1) is 6.10 Å². The van der Waals surface area contributed by atoms with Crippen molar-refractivity contribution in [3.8, 4) is 0 Å². The first-order valence-electron chi connectivity index (χ1n) is 3.56. The quantitative estimate of drug-likeness (QED) is 0.488. The summed E-state index contributed by atoms with van der Waals surface area (Å²) in [6.07, 6.45) is 4.92. The predicted octanol–water partition coefficient (Wildman–Crippen LogP) is 1.58. The van der Waals surface area contributed by atoms with E-state index in [9.17, 15) is 5.11 Å². The lowest BCUT2D eigenvalue weighted by Crippen LogP contribution is -2.20. The van der Waals surface area contributed by atoms with Gasteiger partial charge in [0.25, 0.3) is 0 Å². The maximum Gasteiger partial charge on any atom is 0.0746 e. The van der Waals surface area contributed by atoms with Gasteiger partial charge in [-0.3, -0.25) is 0 Å². The third-order valence-corrected chi connectivity index (χ3v) is 1.96. The highest BCUT2D eigenvalue weighted by Crippen LogP contribution is 2.22. The summed E-state index contributed by atoms with van der Waals surface area (Å²) in [4.78, 5) is 0. The monoisotopic (exact) mass is 126 g/mol. The zero-order chi connectivity index (χ0) is 6.85. The van der Waals surface area contributed by atoms with Crippen LogP contribution in [0.25, 0.3) is 0 Å². The van der Waals surface area contributed by atoms with Crippen LogP contribution in [0.5, 0.6) is 0 Å². The molecule has 0 bridgehead atoms. The lowest BCUT2D eigenvalue weighted by molar-refractivity contribution is 0.141. The van der Waals surface area contributed by atoms with E-state index in [0.717, 1.165) is 6.42 Å². The molecule has 0 aliphatic heterocycles. The summed E-state index contributed by atoms with van der Waals surface area (Å²) in [6, 6.07) is 0. The fourth-order valence-electron chi connectivity index (χ4n) is 1.30. The van der Waals surface area contributed by atoms with Gasteiger partial charge in [-0.05, 0) is 18.3 Å². The Morgan fingerprint density at radius 3 is 2.44 bits per heavy atom. The second-order valence-electron chi connectivity index (χ2n) is 3.07. The second kappa shape index (κ2) is 2.53. The van der Waals surface area contributed by atoms with E-state index in [4.69, 9.17) is 0 Å². The van der Waals surface area contributed by atoms with Crippen LogP contribution in [0.4, 0.5) is 0 Å². The summed E-state index contributed by atoms with van der Waals surface area (Å²) >= 11 is 0. The van der Waals surface area contributed by atoms with E-state index >= 15 is 0 Å². The van der Waals surface area contributed by atoms with Gasteiger partial charge in [0.1, 0.15) is 0 Å². The molecule has 0 amide bonds. The molecule has 0 spiro atoms. The van der Waals surface area contributed by atoms with Crippen molar-refractivity contribution in [3.63, 3.8) is 0 Å². The molecule has 0 heterocycles. The SMILES string of the molecule is CC1C=CC(O)C(C)C1. The van der Waals surface area contributed by atoms with Crippen LogP contribution < -0.4 is 0 Å². The van der Waals surface area contributed by atoms with Gasteiger partial charge in [0.2, 0.25) is 0 Å². The number of aliphatic hydroxyl groups excluding tert-OH is 1. The van der Waals surface area contributed by atoms with Gasteiger partial charge in [-0.15, -0.1) is 0 Å². The molecule has 0 aromatic rings. The number of aliphatic hydroxyl groups is 1. The van der Waals surface area contributed by atoms with Crippen molar-refractivity contribution in [3.05, 3.63) is 12.2 Å². The van der Waals surface area contributed by atoms with Gasteiger partial charge >= 0.3 is 0 Å². The average Bonchev–Trinajstić information content (AvgIpc) is 1.80. The minimum absolute atomic E-state index is 0.193. The van der Waals surface area contributed by atoms with E-state index in [0.29, 0.717) is 11.8 Å². The Bertz CT molecular complexity index is 118. The third kappa shape index (κ3) is 1.55. The Labute approximate surface area is 56.4 Å². The molecule has 0 aromatic carbocycles. The van der Waals surface area contributed by atoms with Gasteiger partial charge < -0.3 is 5.11 Å². The first-order chi connectivity index (χ1) is 4.20. The van der Waals surface area contributed by atoms with E-state index in [-0.39, 0.29) is 6.10 Å². The van der Waals surface area contributed by atoms with E-state index < -0.39 is 0 Å². The molecule has 3 unspecified atom stereocenters. The number of rotatable bonds is 0. The molecule has 0 saturated heterocycles. The molecule has 1 aliphatic rings. The molecule has 1 aliphatic carbocycles. The van der Waals surface area contributed by atoms with Crippen LogP contribution in [-0.2, 0) is 0 Å². The summed E-state index contributed by atoms with van der Waals surface area (Å²) in [5, 5.41) is 9.21. The summed E-state index contributed by atoms with van der Waals surface area (Å²) < 4.78 is 0. The van der Waals surface area contributed by atoms with Gasteiger partial charge in [0, 0.05) is 0 Å². The fraction of sp³-hybridized carbons (Fsp3) is 0.750. The number of hydrogen-bond donors (Lipinski definition) is 1. The highest BCUT2D eigenvalue weighted by molar-refractivity contribution is 4.99. The Morgan fingerprint density at radius 1 is 1.33 bits per heavy atom. The summed E-state index contributed by atoms with van der Waals surface area (Å²) in [5.74, 6) is 1.10. The highest BCUT2D eigenvalue weighted by Gasteiger charge is 2.17. The molecule has 3 atom stereocenters. The van der Waals surface area contributed by atoms with E-state index in [1.54, 1.807) is 0 Å². The molecule has 1 N–H and O–H groups in total. The maximum atomic E-state index is 9.21. The van der Waals surface area contributed by atoms with Gasteiger partial charge in [-0.25, -0.2) is 0 Å². The zero-order valence-electron chi connectivity index (χ0n) is 6.04. The predicted molar refractivity (Wildman–Crippen MR) is 38.1 cm³/mol. The summed E-state index contributed by atoms with van der Waals surface area (Å²) in [6.45, 7) is 4.27. The van der Waals surface area contributed by atoms with Crippen LogP contribution in [0, 0.1) is 11.8 Å². The van der Waals surface area contributed by atoms with Crippen LogP contribution in [0.3, 0.4) is 0 Å². The first-order valence-corrected chi connectivity index (χ1v) is 3.56. The largest absolute Gasteiger partial charge is 0.389 e. The fourth-order valence-corrected chi connectivity index (χ4v) is 1.30. The highest BCUT2D eigenvalue weighted by atomic mass is 16.3. The van der Waals surface area contributed by atoms with Crippen molar-refractivity contribution < 1.29 is 5.11 Å². The van der Waals surface area contributed by atoms with E-state index in [1.165, 1.54) is 0 Å². The Kier molecular flexibility index (Phi) is 1.91. The maximum absolute atomic E-state index is 9.21. The molecule has 1 rings (SSSR count). The molecule has 0 fully saturated rings. The molecule has 0 aromatic heterocycles. The zero-order valence-corrected chi connectivity index (χ0v) is 6.04. The van der Waals surface area contributed by atoms with E-state index in [1.807, 2.05) is 6.08 Å². The normalized spacial score (nSPS) is 43.2. The van der Waals surface area contributed by atoms with Crippen molar-refractivity contribution in [2.45, 2.75) is 26.4 Å². The van der Waals surface area contributed by atoms with Gasteiger partial charge in [0.15, 0.2) is 0 Å². The Morgan fingerprint density at radius 2 is 2.00 bits per heavy atom. The van der Waals surface area contributed by atoms with Gasteiger partial charge in [-0.2, -0.15) is 0 Å². The van der Waals surface area contributed by atoms with Gasteiger partial charge in [-0.1, -0.05) is 26.0 Å². The topological polar surface area (TPSA) is 20.2 Å². The van der Waals surface area contributed by atoms with Crippen molar-refractivity contribution in [1.29, 1.82) is 0 Å². The lowest BCUT2D eigenvalue weighted by atomic mass is 9.87. The molecule has 1 heteroatoms. The van der Waals surface area contributed by atoms with Crippen molar-refractivity contribution >= 4 is 0 Å². The Hall–Kier alpha value is -0.300. The molecule has 1 nitrogen and oxygen atoms in total. The van der Waals surface area contributed by atoms with Crippen molar-refractivity contribution in [1.82, 2.24) is 0 Å². The molecule has 0 saturated carbocycles. The number of hydrogen-bond acceptors (Lipinski definition) is 1.